The number of benzene rings is 2. The number of carbonyl (C=O) groups excluding carboxylic acids is 1. The van der Waals surface area contributed by atoms with Gasteiger partial charge in [-0.25, -0.2) is 9.78 Å². The number of ether oxygens (including phenoxy) is 1. The van der Waals surface area contributed by atoms with Crippen molar-refractivity contribution < 1.29 is 18.3 Å². The third-order valence-corrected chi connectivity index (χ3v) is 4.39. The van der Waals surface area contributed by atoms with Gasteiger partial charge in [0.15, 0.2) is 0 Å². The number of nitrogens with one attached hydrogen (secondary N) is 1. The minimum absolute atomic E-state index is 0.0124. The summed E-state index contributed by atoms with van der Waals surface area (Å²) < 4.78 is 29.9. The van der Waals surface area contributed by atoms with Crippen LogP contribution < -0.4 is 10.1 Å². The summed E-state index contributed by atoms with van der Waals surface area (Å²) in [4.78, 5) is 18.2. The fourth-order valence-corrected chi connectivity index (χ4v) is 3.25. The zero-order chi connectivity index (χ0) is 17.8. The first-order chi connectivity index (χ1) is 12.0. The maximum Gasteiger partial charge on any atom is 0.387 e. The summed E-state index contributed by atoms with van der Waals surface area (Å²) in [7, 11) is 1.64. The van der Waals surface area contributed by atoms with Gasteiger partial charge in [-0.1, -0.05) is 18.2 Å². The van der Waals surface area contributed by atoms with E-state index in [-0.39, 0.29) is 11.8 Å². The second-order valence-electron chi connectivity index (χ2n) is 5.27. The van der Waals surface area contributed by atoms with Gasteiger partial charge in [-0.05, 0) is 24.3 Å². The highest BCUT2D eigenvalue weighted by atomic mass is 32.1. The Hall–Kier alpha value is -2.74. The number of alkyl halides is 2. The van der Waals surface area contributed by atoms with Crippen molar-refractivity contribution in [2.45, 2.75) is 13.2 Å². The lowest BCUT2D eigenvalue weighted by Gasteiger charge is -2.17. The number of rotatable bonds is 5. The molecule has 0 fully saturated rings. The van der Waals surface area contributed by atoms with E-state index in [2.05, 4.69) is 15.0 Å². The van der Waals surface area contributed by atoms with Gasteiger partial charge in [0.25, 0.3) is 0 Å². The number of aromatic nitrogens is 1. The number of fused-ring (bicyclic) bond motifs is 1. The Morgan fingerprint density at radius 1 is 1.28 bits per heavy atom. The molecule has 5 nitrogen and oxygen atoms in total. The summed E-state index contributed by atoms with van der Waals surface area (Å²) >= 11 is 1.52. The molecule has 0 atom stereocenters. The fourth-order valence-electron chi connectivity index (χ4n) is 2.23. The molecule has 0 spiro atoms. The average Bonchev–Trinajstić information content (AvgIpc) is 2.96. The molecule has 0 aliphatic heterocycles. The van der Waals surface area contributed by atoms with E-state index < -0.39 is 6.61 Å². The number of para-hydroxylation sites is 1. The number of amides is 2. The van der Waals surface area contributed by atoms with Gasteiger partial charge in [0.1, 0.15) is 10.8 Å². The Morgan fingerprint density at radius 3 is 2.84 bits per heavy atom. The van der Waals surface area contributed by atoms with E-state index in [9.17, 15) is 13.6 Å². The van der Waals surface area contributed by atoms with Crippen LogP contribution in [-0.2, 0) is 6.54 Å². The number of hydrogen-bond acceptors (Lipinski definition) is 4. The molecule has 3 rings (SSSR count). The van der Waals surface area contributed by atoms with Crippen LogP contribution >= 0.6 is 11.3 Å². The molecule has 25 heavy (non-hydrogen) atoms. The highest BCUT2D eigenvalue weighted by molar-refractivity contribution is 7.18. The van der Waals surface area contributed by atoms with Crippen LogP contribution in [0.4, 0.5) is 19.3 Å². The molecule has 0 bridgehead atoms. The van der Waals surface area contributed by atoms with Crippen LogP contribution in [0.2, 0.25) is 0 Å². The maximum atomic E-state index is 12.3. The van der Waals surface area contributed by atoms with Crippen molar-refractivity contribution in [3.8, 4) is 5.75 Å². The molecule has 2 amide bonds. The van der Waals surface area contributed by atoms with Gasteiger partial charge in [0, 0.05) is 18.8 Å². The summed E-state index contributed by atoms with van der Waals surface area (Å²) in [5.41, 5.74) is 1.27. The van der Waals surface area contributed by atoms with E-state index in [0.29, 0.717) is 12.2 Å². The zero-order valence-electron chi connectivity index (χ0n) is 13.3. The van der Waals surface area contributed by atoms with Gasteiger partial charge < -0.3 is 15.0 Å². The van der Waals surface area contributed by atoms with Gasteiger partial charge >= 0.3 is 12.6 Å². The number of thiazole rings is 1. The maximum absolute atomic E-state index is 12.3. The summed E-state index contributed by atoms with van der Waals surface area (Å²) in [6.07, 6.45) is 0. The van der Waals surface area contributed by atoms with E-state index in [0.717, 1.165) is 15.2 Å². The summed E-state index contributed by atoms with van der Waals surface area (Å²) in [6.45, 7) is -2.56. The highest BCUT2D eigenvalue weighted by Crippen LogP contribution is 2.23. The Labute approximate surface area is 146 Å². The van der Waals surface area contributed by atoms with Gasteiger partial charge in [-0.3, -0.25) is 0 Å². The Morgan fingerprint density at radius 2 is 2.08 bits per heavy atom. The smallest absolute Gasteiger partial charge is 0.387 e. The highest BCUT2D eigenvalue weighted by Gasteiger charge is 2.13. The molecule has 0 unspecified atom stereocenters. The second kappa shape index (κ2) is 7.43. The molecule has 1 heterocycles. The molecule has 3 aromatic rings. The summed E-state index contributed by atoms with van der Waals surface area (Å²) in [5, 5.41) is 3.46. The van der Waals surface area contributed by atoms with Crippen molar-refractivity contribution in [3.63, 3.8) is 0 Å². The third-order valence-electron chi connectivity index (χ3n) is 3.37. The molecule has 0 aliphatic rings. The van der Waals surface area contributed by atoms with Crippen LogP contribution in [-0.4, -0.2) is 29.6 Å². The Balaban J connectivity index is 1.64. The van der Waals surface area contributed by atoms with E-state index in [1.165, 1.54) is 34.4 Å². The Bertz CT molecular complexity index is 852. The van der Waals surface area contributed by atoms with Crippen LogP contribution in [0, 0.1) is 0 Å². The SMILES string of the molecule is CN(Cc1nc2ccccc2s1)C(=O)Nc1cccc(OC(F)F)c1. The predicted octanol–water partition coefficient (Wildman–Crippen LogP) is 4.56. The van der Waals surface area contributed by atoms with Gasteiger partial charge in [-0.15, -0.1) is 11.3 Å². The molecule has 0 aliphatic carbocycles. The number of anilines is 1. The van der Waals surface area contributed by atoms with Crippen LogP contribution in [0.1, 0.15) is 5.01 Å². The lowest BCUT2D eigenvalue weighted by atomic mass is 10.3. The molecule has 130 valence electrons. The number of carbonyl (C=O) groups is 1. The van der Waals surface area contributed by atoms with Crippen molar-refractivity contribution >= 4 is 33.3 Å². The van der Waals surface area contributed by atoms with E-state index in [1.807, 2.05) is 24.3 Å². The molecule has 0 radical (unpaired) electrons. The van der Waals surface area contributed by atoms with E-state index in [4.69, 9.17) is 0 Å². The van der Waals surface area contributed by atoms with Crippen molar-refractivity contribution in [3.05, 3.63) is 53.5 Å². The first kappa shape index (κ1) is 17.1. The molecule has 1 aromatic heterocycles. The first-order valence-corrected chi connectivity index (χ1v) is 8.24. The quantitative estimate of drug-likeness (QED) is 0.723. The number of nitrogens with zero attached hydrogens (tertiary/aromatic N) is 2. The average molecular weight is 363 g/mol. The second-order valence-corrected chi connectivity index (χ2v) is 6.38. The monoisotopic (exact) mass is 363 g/mol. The van der Waals surface area contributed by atoms with Gasteiger partial charge in [0.2, 0.25) is 0 Å². The normalized spacial score (nSPS) is 10.9. The molecule has 0 saturated carbocycles. The molecule has 2 aromatic carbocycles. The van der Waals surface area contributed by atoms with Crippen LogP contribution in [0.25, 0.3) is 10.2 Å². The lowest BCUT2D eigenvalue weighted by Crippen LogP contribution is -2.30. The number of urea groups is 1. The minimum Gasteiger partial charge on any atom is -0.435 e. The predicted molar refractivity (Wildman–Crippen MR) is 93.2 cm³/mol. The fraction of sp³-hybridized carbons (Fsp3) is 0.176. The van der Waals surface area contributed by atoms with Crippen molar-refractivity contribution in [1.29, 1.82) is 0 Å². The molecular formula is C17H15F2N3O2S. The van der Waals surface area contributed by atoms with Crippen LogP contribution in [0.3, 0.4) is 0 Å². The number of halogens is 2. The zero-order valence-corrected chi connectivity index (χ0v) is 14.1. The van der Waals surface area contributed by atoms with E-state index in [1.54, 1.807) is 13.1 Å². The summed E-state index contributed by atoms with van der Waals surface area (Å²) in [5.74, 6) is -0.0124. The third kappa shape index (κ3) is 4.42. The first-order valence-electron chi connectivity index (χ1n) is 7.43. The Kier molecular flexibility index (Phi) is 5.08. The molecule has 1 N–H and O–H groups in total. The molecule has 8 heteroatoms. The molecular weight excluding hydrogens is 348 g/mol. The minimum atomic E-state index is -2.91. The van der Waals surface area contributed by atoms with Gasteiger partial charge in [0.05, 0.1) is 16.8 Å². The van der Waals surface area contributed by atoms with E-state index >= 15 is 0 Å². The van der Waals surface area contributed by atoms with Crippen molar-refractivity contribution in [2.24, 2.45) is 0 Å². The van der Waals surface area contributed by atoms with Crippen LogP contribution in [0.15, 0.2) is 48.5 Å². The largest absolute Gasteiger partial charge is 0.435 e. The van der Waals surface area contributed by atoms with Gasteiger partial charge in [-0.2, -0.15) is 8.78 Å². The standard InChI is InChI=1S/C17H15F2N3O2S/c1-22(10-15-21-13-7-2-3-8-14(13)25-15)17(23)20-11-5-4-6-12(9-11)24-16(18)19/h2-9,16H,10H2,1H3,(H,20,23). The number of hydrogen-bond donors (Lipinski definition) is 1. The van der Waals surface area contributed by atoms with Crippen LogP contribution in [0.5, 0.6) is 5.75 Å². The summed E-state index contributed by atoms with van der Waals surface area (Å²) in [6, 6.07) is 13.2. The lowest BCUT2D eigenvalue weighted by molar-refractivity contribution is -0.0497. The van der Waals surface area contributed by atoms with Crippen molar-refractivity contribution in [1.82, 2.24) is 9.88 Å². The topological polar surface area (TPSA) is 54.5 Å². The van der Waals surface area contributed by atoms with Crippen molar-refractivity contribution in [2.75, 3.05) is 12.4 Å². The molecule has 0 saturated heterocycles.